The number of aliphatic hydroxyl groups excluding tert-OH is 1. The van der Waals surface area contributed by atoms with Gasteiger partial charge in [-0.05, 0) is 13.0 Å². The first-order chi connectivity index (χ1) is 11.5. The molecule has 2 aromatic heterocycles. The van der Waals surface area contributed by atoms with E-state index in [1.54, 1.807) is 23.2 Å². The van der Waals surface area contributed by atoms with Crippen LogP contribution in [0.4, 0.5) is 0 Å². The Kier molecular flexibility index (Phi) is 4.80. The van der Waals surface area contributed by atoms with Gasteiger partial charge >= 0.3 is 0 Å². The van der Waals surface area contributed by atoms with Gasteiger partial charge in [-0.25, -0.2) is 0 Å². The molecule has 1 aliphatic rings. The minimum absolute atomic E-state index is 0.0546. The van der Waals surface area contributed by atoms with Crippen LogP contribution in [0.3, 0.4) is 0 Å². The number of nitrogens with zero attached hydrogens (tertiary/aromatic N) is 3. The van der Waals surface area contributed by atoms with Gasteiger partial charge < -0.3 is 19.1 Å². The summed E-state index contributed by atoms with van der Waals surface area (Å²) in [4.78, 5) is 25.6. The van der Waals surface area contributed by atoms with E-state index in [0.29, 0.717) is 26.1 Å². The summed E-state index contributed by atoms with van der Waals surface area (Å²) in [5.74, 6) is 0.614. The van der Waals surface area contributed by atoms with Crippen molar-refractivity contribution < 1.29 is 14.4 Å². The predicted molar refractivity (Wildman–Crippen MR) is 86.3 cm³/mol. The van der Waals surface area contributed by atoms with Crippen molar-refractivity contribution in [1.82, 2.24) is 14.6 Å². The summed E-state index contributed by atoms with van der Waals surface area (Å²) in [6.45, 7) is 3.00. The molecule has 0 saturated carbocycles. The van der Waals surface area contributed by atoms with Crippen LogP contribution in [-0.4, -0.2) is 44.8 Å². The van der Waals surface area contributed by atoms with Crippen molar-refractivity contribution >= 4 is 5.91 Å². The molecule has 0 unspecified atom stereocenters. The largest absolute Gasteiger partial charge is 0.391 e. The lowest BCUT2D eigenvalue weighted by atomic mass is 10.0. The van der Waals surface area contributed by atoms with E-state index in [2.05, 4.69) is 5.16 Å². The number of rotatable bonds is 5. The molecule has 24 heavy (non-hydrogen) atoms. The fraction of sp³-hybridized carbons (Fsp3) is 0.471. The maximum Gasteiger partial charge on any atom is 0.250 e. The molecule has 128 valence electrons. The number of likely N-dealkylation sites (tertiary alicyclic amines) is 1. The van der Waals surface area contributed by atoms with Gasteiger partial charge in [0.25, 0.3) is 5.56 Å². The Bertz CT molecular complexity index is 767. The monoisotopic (exact) mass is 331 g/mol. The van der Waals surface area contributed by atoms with E-state index in [1.165, 1.54) is 10.6 Å². The highest BCUT2D eigenvalue weighted by Crippen LogP contribution is 2.22. The lowest BCUT2D eigenvalue weighted by Gasteiger charge is -2.16. The molecule has 7 heteroatoms. The van der Waals surface area contributed by atoms with Crippen LogP contribution < -0.4 is 5.56 Å². The minimum atomic E-state index is -0.571. The molecule has 0 radical (unpaired) electrons. The second-order valence-corrected chi connectivity index (χ2v) is 6.25. The molecule has 7 nitrogen and oxygen atoms in total. The number of β-amino-alcohol motifs (C(OH)–C–C–N with tert-alkyl or cyclic N) is 1. The fourth-order valence-electron chi connectivity index (χ4n) is 3.05. The lowest BCUT2D eigenvalue weighted by molar-refractivity contribution is -0.130. The van der Waals surface area contributed by atoms with Crippen LogP contribution in [-0.2, 0) is 17.8 Å². The standard InChI is InChI=1S/C17H21N3O4/c1-12-8-14(24-18-12)9-13-10-20(11-15(13)21)17(23)5-7-19-6-3-2-4-16(19)22/h2-4,6,8,13,15,21H,5,7,9-11H2,1H3/t13-,15+/m1/s1. The number of aryl methyl sites for hydroxylation is 2. The van der Waals surface area contributed by atoms with Gasteiger partial charge in [-0.15, -0.1) is 0 Å². The van der Waals surface area contributed by atoms with Gasteiger partial charge in [0.15, 0.2) is 0 Å². The predicted octanol–water partition coefficient (Wildman–Crippen LogP) is 0.597. The van der Waals surface area contributed by atoms with Crippen LogP contribution in [0.1, 0.15) is 17.9 Å². The molecule has 0 aliphatic carbocycles. The van der Waals surface area contributed by atoms with E-state index in [1.807, 2.05) is 13.0 Å². The highest BCUT2D eigenvalue weighted by atomic mass is 16.5. The molecular weight excluding hydrogens is 310 g/mol. The van der Waals surface area contributed by atoms with Crippen LogP contribution in [0.5, 0.6) is 0 Å². The molecule has 3 rings (SSSR count). The van der Waals surface area contributed by atoms with Gasteiger partial charge in [-0.3, -0.25) is 9.59 Å². The van der Waals surface area contributed by atoms with E-state index in [4.69, 9.17) is 4.52 Å². The third-order valence-electron chi connectivity index (χ3n) is 4.36. The van der Waals surface area contributed by atoms with Gasteiger partial charge in [-0.1, -0.05) is 11.2 Å². The lowest BCUT2D eigenvalue weighted by Crippen LogP contribution is -2.31. The summed E-state index contributed by atoms with van der Waals surface area (Å²) < 4.78 is 6.70. The van der Waals surface area contributed by atoms with E-state index in [-0.39, 0.29) is 23.8 Å². The molecule has 0 aromatic carbocycles. The van der Waals surface area contributed by atoms with Crippen molar-refractivity contribution in [2.75, 3.05) is 13.1 Å². The zero-order chi connectivity index (χ0) is 17.1. The molecule has 2 aromatic rings. The highest BCUT2D eigenvalue weighted by Gasteiger charge is 2.34. The van der Waals surface area contributed by atoms with Crippen LogP contribution in [0, 0.1) is 12.8 Å². The summed E-state index contributed by atoms with van der Waals surface area (Å²) in [5, 5.41) is 14.0. The Morgan fingerprint density at radius 3 is 2.96 bits per heavy atom. The Morgan fingerprint density at radius 2 is 2.25 bits per heavy atom. The zero-order valence-corrected chi connectivity index (χ0v) is 13.6. The molecule has 1 fully saturated rings. The van der Waals surface area contributed by atoms with Crippen molar-refractivity contribution in [3.63, 3.8) is 0 Å². The van der Waals surface area contributed by atoms with Gasteiger partial charge in [0.2, 0.25) is 5.91 Å². The quantitative estimate of drug-likeness (QED) is 0.866. The van der Waals surface area contributed by atoms with Crippen LogP contribution in [0.15, 0.2) is 39.8 Å². The van der Waals surface area contributed by atoms with Crippen molar-refractivity contribution in [2.24, 2.45) is 5.92 Å². The van der Waals surface area contributed by atoms with Gasteiger partial charge in [-0.2, -0.15) is 0 Å². The zero-order valence-electron chi connectivity index (χ0n) is 13.6. The first-order valence-electron chi connectivity index (χ1n) is 8.06. The Balaban J connectivity index is 1.55. The Labute approximate surface area is 139 Å². The number of carbonyl (C=O) groups excluding carboxylic acids is 1. The number of hydrogen-bond acceptors (Lipinski definition) is 5. The normalized spacial score (nSPS) is 20.5. The van der Waals surface area contributed by atoms with Crippen molar-refractivity contribution in [3.8, 4) is 0 Å². The minimum Gasteiger partial charge on any atom is -0.391 e. The second kappa shape index (κ2) is 7.00. The van der Waals surface area contributed by atoms with Crippen molar-refractivity contribution in [2.45, 2.75) is 32.4 Å². The first kappa shape index (κ1) is 16.4. The fourth-order valence-corrected chi connectivity index (χ4v) is 3.05. The van der Waals surface area contributed by atoms with Crippen LogP contribution in [0.25, 0.3) is 0 Å². The SMILES string of the molecule is Cc1cc(C[C@@H]2CN(C(=O)CCn3ccccc3=O)C[C@@H]2O)on1. The summed E-state index contributed by atoms with van der Waals surface area (Å²) in [6, 6.07) is 6.76. The third kappa shape index (κ3) is 3.73. The Morgan fingerprint density at radius 1 is 1.42 bits per heavy atom. The van der Waals surface area contributed by atoms with Crippen molar-refractivity contribution in [3.05, 3.63) is 52.3 Å². The smallest absolute Gasteiger partial charge is 0.250 e. The summed E-state index contributed by atoms with van der Waals surface area (Å²) in [7, 11) is 0. The number of aliphatic hydroxyl groups is 1. The molecule has 2 atom stereocenters. The number of carbonyl (C=O) groups is 1. The third-order valence-corrected chi connectivity index (χ3v) is 4.36. The second-order valence-electron chi connectivity index (χ2n) is 6.25. The van der Waals surface area contributed by atoms with Gasteiger partial charge in [0, 0.05) is 56.7 Å². The van der Waals surface area contributed by atoms with Crippen LogP contribution >= 0.6 is 0 Å². The van der Waals surface area contributed by atoms with E-state index >= 15 is 0 Å². The van der Waals surface area contributed by atoms with E-state index in [0.717, 1.165) is 11.5 Å². The average Bonchev–Trinajstić information content (AvgIpc) is 3.13. The molecule has 1 N–H and O–H groups in total. The first-order valence-corrected chi connectivity index (χ1v) is 8.06. The molecular formula is C17H21N3O4. The molecule has 0 bridgehead atoms. The molecule has 1 aliphatic heterocycles. The highest BCUT2D eigenvalue weighted by molar-refractivity contribution is 5.76. The molecule has 1 amide bonds. The molecule has 1 saturated heterocycles. The van der Waals surface area contributed by atoms with E-state index in [9.17, 15) is 14.7 Å². The average molecular weight is 331 g/mol. The number of pyridine rings is 1. The molecule has 0 spiro atoms. The van der Waals surface area contributed by atoms with E-state index < -0.39 is 6.10 Å². The maximum atomic E-state index is 12.3. The Hall–Kier alpha value is -2.41. The number of amides is 1. The van der Waals surface area contributed by atoms with Crippen LogP contribution in [0.2, 0.25) is 0 Å². The maximum absolute atomic E-state index is 12.3. The van der Waals surface area contributed by atoms with Crippen molar-refractivity contribution in [1.29, 1.82) is 0 Å². The summed E-state index contributed by atoms with van der Waals surface area (Å²) in [6.07, 6.45) is 1.90. The molecule has 3 heterocycles. The van der Waals surface area contributed by atoms with Gasteiger partial charge in [0.1, 0.15) is 5.76 Å². The number of aromatic nitrogens is 2. The summed E-state index contributed by atoms with van der Waals surface area (Å²) in [5.41, 5.74) is 0.684. The number of hydrogen-bond donors (Lipinski definition) is 1. The summed E-state index contributed by atoms with van der Waals surface area (Å²) >= 11 is 0. The van der Waals surface area contributed by atoms with Gasteiger partial charge in [0.05, 0.1) is 11.8 Å². The topological polar surface area (TPSA) is 88.6 Å².